The van der Waals surface area contributed by atoms with Gasteiger partial charge in [0.15, 0.2) is 5.13 Å². The first-order chi connectivity index (χ1) is 8.31. The molecule has 1 saturated carbocycles. The van der Waals surface area contributed by atoms with Crippen molar-refractivity contribution in [3.63, 3.8) is 0 Å². The fraction of sp³-hybridized carbons (Fsp3) is 0.750. The SMILES string of the molecule is CC1CN(c2nc(CNC3CC3)cs2)CCO1. The van der Waals surface area contributed by atoms with E-state index in [1.165, 1.54) is 18.5 Å². The first-order valence-electron chi connectivity index (χ1n) is 6.35. The second-order valence-electron chi connectivity index (χ2n) is 4.90. The van der Waals surface area contributed by atoms with Crippen LogP contribution in [0.5, 0.6) is 0 Å². The highest BCUT2D eigenvalue weighted by Gasteiger charge is 2.22. The van der Waals surface area contributed by atoms with Gasteiger partial charge in [0.25, 0.3) is 0 Å². The lowest BCUT2D eigenvalue weighted by atomic mass is 10.3. The van der Waals surface area contributed by atoms with Crippen molar-refractivity contribution in [2.75, 3.05) is 24.6 Å². The molecule has 1 saturated heterocycles. The van der Waals surface area contributed by atoms with Crippen molar-refractivity contribution >= 4 is 16.5 Å². The summed E-state index contributed by atoms with van der Waals surface area (Å²) in [5.41, 5.74) is 1.18. The van der Waals surface area contributed by atoms with Gasteiger partial charge in [0.05, 0.1) is 18.4 Å². The van der Waals surface area contributed by atoms with Crippen LogP contribution in [-0.2, 0) is 11.3 Å². The molecule has 1 N–H and O–H groups in total. The van der Waals surface area contributed by atoms with Gasteiger partial charge in [-0.05, 0) is 19.8 Å². The topological polar surface area (TPSA) is 37.4 Å². The number of aromatic nitrogens is 1. The highest BCUT2D eigenvalue weighted by Crippen LogP contribution is 2.24. The van der Waals surface area contributed by atoms with E-state index in [-0.39, 0.29) is 0 Å². The summed E-state index contributed by atoms with van der Waals surface area (Å²) in [4.78, 5) is 7.03. The average molecular weight is 253 g/mol. The third-order valence-electron chi connectivity index (χ3n) is 3.20. The molecule has 2 heterocycles. The van der Waals surface area contributed by atoms with E-state index in [0.717, 1.165) is 37.4 Å². The van der Waals surface area contributed by atoms with Crippen LogP contribution in [0.25, 0.3) is 0 Å². The number of hydrogen-bond donors (Lipinski definition) is 1. The molecule has 0 spiro atoms. The summed E-state index contributed by atoms with van der Waals surface area (Å²) in [6, 6.07) is 0.753. The van der Waals surface area contributed by atoms with Gasteiger partial charge in [-0.15, -0.1) is 11.3 Å². The fourth-order valence-corrected chi connectivity index (χ4v) is 2.91. The quantitative estimate of drug-likeness (QED) is 0.885. The number of thiazole rings is 1. The molecule has 3 rings (SSSR count). The van der Waals surface area contributed by atoms with Gasteiger partial charge in [0, 0.05) is 31.1 Å². The van der Waals surface area contributed by atoms with Crippen LogP contribution in [0.2, 0.25) is 0 Å². The van der Waals surface area contributed by atoms with E-state index in [1.807, 2.05) is 0 Å². The van der Waals surface area contributed by atoms with Gasteiger partial charge < -0.3 is 15.0 Å². The molecular formula is C12H19N3OS. The highest BCUT2D eigenvalue weighted by molar-refractivity contribution is 7.13. The number of hydrogen-bond acceptors (Lipinski definition) is 5. The van der Waals surface area contributed by atoms with Crippen LogP contribution in [0.4, 0.5) is 5.13 Å². The molecule has 0 amide bonds. The van der Waals surface area contributed by atoms with Gasteiger partial charge in [-0.2, -0.15) is 0 Å². The van der Waals surface area contributed by atoms with Crippen LogP contribution < -0.4 is 10.2 Å². The molecule has 1 aromatic rings. The second kappa shape index (κ2) is 4.92. The van der Waals surface area contributed by atoms with Crippen LogP contribution in [0.3, 0.4) is 0 Å². The number of morpholine rings is 1. The first kappa shape index (κ1) is 11.4. The molecule has 2 fully saturated rings. The molecule has 1 aliphatic heterocycles. The lowest BCUT2D eigenvalue weighted by Crippen LogP contribution is -2.41. The Balaban J connectivity index is 1.58. The van der Waals surface area contributed by atoms with E-state index >= 15 is 0 Å². The molecule has 94 valence electrons. The maximum Gasteiger partial charge on any atom is 0.185 e. The van der Waals surface area contributed by atoms with E-state index in [1.54, 1.807) is 11.3 Å². The van der Waals surface area contributed by atoms with Crippen LogP contribution in [0.15, 0.2) is 5.38 Å². The Morgan fingerprint density at radius 3 is 3.24 bits per heavy atom. The van der Waals surface area contributed by atoms with Gasteiger partial charge in [0.2, 0.25) is 0 Å². The predicted octanol–water partition coefficient (Wildman–Crippen LogP) is 1.62. The number of anilines is 1. The van der Waals surface area contributed by atoms with Crippen molar-refractivity contribution in [1.82, 2.24) is 10.3 Å². The smallest absolute Gasteiger partial charge is 0.185 e. The zero-order chi connectivity index (χ0) is 11.7. The maximum absolute atomic E-state index is 5.55. The first-order valence-corrected chi connectivity index (χ1v) is 7.23. The third-order valence-corrected chi connectivity index (χ3v) is 4.15. The summed E-state index contributed by atoms with van der Waals surface area (Å²) in [6.07, 6.45) is 2.98. The van der Waals surface area contributed by atoms with Gasteiger partial charge in [-0.25, -0.2) is 4.98 Å². The van der Waals surface area contributed by atoms with Crippen molar-refractivity contribution in [3.8, 4) is 0 Å². The summed E-state index contributed by atoms with van der Waals surface area (Å²) >= 11 is 1.75. The van der Waals surface area contributed by atoms with E-state index in [2.05, 4.69) is 22.5 Å². The lowest BCUT2D eigenvalue weighted by Gasteiger charge is -2.30. The van der Waals surface area contributed by atoms with Crippen LogP contribution in [0.1, 0.15) is 25.5 Å². The minimum absolute atomic E-state index is 0.320. The van der Waals surface area contributed by atoms with Gasteiger partial charge >= 0.3 is 0 Å². The number of ether oxygens (including phenoxy) is 1. The Hall–Kier alpha value is -0.650. The van der Waals surface area contributed by atoms with E-state index in [4.69, 9.17) is 9.72 Å². The molecule has 2 aliphatic rings. The summed E-state index contributed by atoms with van der Waals surface area (Å²) in [6.45, 7) is 5.78. The van der Waals surface area contributed by atoms with Crippen LogP contribution >= 0.6 is 11.3 Å². The minimum Gasteiger partial charge on any atom is -0.375 e. The maximum atomic E-state index is 5.55. The molecule has 1 unspecified atom stereocenters. The van der Waals surface area contributed by atoms with Gasteiger partial charge in [-0.1, -0.05) is 0 Å². The normalized spacial score (nSPS) is 25.2. The van der Waals surface area contributed by atoms with E-state index < -0.39 is 0 Å². The van der Waals surface area contributed by atoms with Gasteiger partial charge in [0.1, 0.15) is 0 Å². The summed E-state index contributed by atoms with van der Waals surface area (Å²) < 4.78 is 5.55. The highest BCUT2D eigenvalue weighted by atomic mass is 32.1. The molecule has 5 heteroatoms. The van der Waals surface area contributed by atoms with Crippen LogP contribution in [0, 0.1) is 0 Å². The zero-order valence-electron chi connectivity index (χ0n) is 10.2. The van der Waals surface area contributed by atoms with Crippen molar-refractivity contribution in [1.29, 1.82) is 0 Å². The molecular weight excluding hydrogens is 234 g/mol. The molecule has 0 radical (unpaired) electrons. The monoisotopic (exact) mass is 253 g/mol. The van der Waals surface area contributed by atoms with Crippen molar-refractivity contribution in [2.24, 2.45) is 0 Å². The number of rotatable bonds is 4. The molecule has 1 atom stereocenters. The van der Waals surface area contributed by atoms with Crippen molar-refractivity contribution in [2.45, 2.75) is 38.5 Å². The van der Waals surface area contributed by atoms with E-state index in [9.17, 15) is 0 Å². The summed E-state index contributed by atoms with van der Waals surface area (Å²) in [5.74, 6) is 0. The lowest BCUT2D eigenvalue weighted by molar-refractivity contribution is 0.0532. The van der Waals surface area contributed by atoms with Crippen molar-refractivity contribution in [3.05, 3.63) is 11.1 Å². The Kier molecular flexibility index (Phi) is 3.31. The largest absolute Gasteiger partial charge is 0.375 e. The molecule has 1 aliphatic carbocycles. The average Bonchev–Trinajstić information content (AvgIpc) is 3.04. The van der Waals surface area contributed by atoms with Crippen LogP contribution in [-0.4, -0.2) is 36.8 Å². The third kappa shape index (κ3) is 2.97. The zero-order valence-corrected chi connectivity index (χ0v) is 11.0. The molecule has 1 aromatic heterocycles. The Morgan fingerprint density at radius 1 is 1.59 bits per heavy atom. The second-order valence-corrected chi connectivity index (χ2v) is 5.74. The molecule has 0 bridgehead atoms. The Labute approximate surface area is 106 Å². The molecule has 4 nitrogen and oxygen atoms in total. The Bertz CT molecular complexity index is 378. The van der Waals surface area contributed by atoms with Gasteiger partial charge in [-0.3, -0.25) is 0 Å². The molecule has 0 aromatic carbocycles. The standard InChI is InChI=1S/C12H19N3OS/c1-9-7-15(4-5-16-9)12-14-11(8-17-12)6-13-10-2-3-10/h8-10,13H,2-7H2,1H3. The number of nitrogens with one attached hydrogen (secondary N) is 1. The van der Waals surface area contributed by atoms with Crippen molar-refractivity contribution < 1.29 is 4.74 Å². The summed E-state index contributed by atoms with van der Waals surface area (Å²) in [7, 11) is 0. The summed E-state index contributed by atoms with van der Waals surface area (Å²) in [5, 5.41) is 6.82. The molecule has 17 heavy (non-hydrogen) atoms. The Morgan fingerprint density at radius 2 is 2.47 bits per heavy atom. The fourth-order valence-electron chi connectivity index (χ4n) is 2.05. The predicted molar refractivity (Wildman–Crippen MR) is 69.6 cm³/mol. The van der Waals surface area contributed by atoms with E-state index in [0.29, 0.717) is 6.10 Å². The number of nitrogens with zero attached hydrogens (tertiary/aromatic N) is 2. The minimum atomic E-state index is 0.320.